The number of carbonyl (C=O) groups excluding carboxylic acids is 1. The van der Waals surface area contributed by atoms with Gasteiger partial charge in [-0.05, 0) is 61.9 Å². The summed E-state index contributed by atoms with van der Waals surface area (Å²) < 4.78 is 0. The van der Waals surface area contributed by atoms with Crippen molar-refractivity contribution in [2.45, 2.75) is 40.0 Å². The largest absolute Gasteiger partial charge is 0.354 e. The second-order valence-electron chi connectivity index (χ2n) is 8.02. The molecule has 1 amide bonds. The smallest absolute Gasteiger partial charge is 0.257 e. The average molecular weight is 389 g/mol. The molecule has 0 atom stereocenters. The summed E-state index contributed by atoms with van der Waals surface area (Å²) in [7, 11) is 0. The van der Waals surface area contributed by atoms with E-state index in [9.17, 15) is 4.79 Å². The first kappa shape index (κ1) is 19.4. The Balaban J connectivity index is 1.75. The van der Waals surface area contributed by atoms with Crippen molar-refractivity contribution < 1.29 is 4.79 Å². The Bertz CT molecular complexity index is 1020. The van der Waals surface area contributed by atoms with Gasteiger partial charge in [0.25, 0.3) is 5.91 Å². The number of anilines is 2. The van der Waals surface area contributed by atoms with Gasteiger partial charge in [-0.2, -0.15) is 0 Å². The van der Waals surface area contributed by atoms with Crippen LogP contribution in [0.25, 0.3) is 11.0 Å². The van der Waals surface area contributed by atoms with Gasteiger partial charge in [0.05, 0.1) is 11.3 Å². The highest BCUT2D eigenvalue weighted by Crippen LogP contribution is 2.30. The lowest BCUT2D eigenvalue weighted by Crippen LogP contribution is -2.38. The monoisotopic (exact) mass is 388 g/mol. The summed E-state index contributed by atoms with van der Waals surface area (Å²) in [6.45, 7) is 7.94. The molecule has 2 aromatic heterocycles. The zero-order valence-electron chi connectivity index (χ0n) is 17.4. The molecule has 1 aromatic carbocycles. The number of benzene rings is 1. The molecule has 0 unspecified atom stereocenters. The maximum absolute atomic E-state index is 13.4. The van der Waals surface area contributed by atoms with Crippen LogP contribution in [0.5, 0.6) is 0 Å². The highest BCUT2D eigenvalue weighted by atomic mass is 16.2. The molecule has 5 heteroatoms. The number of piperidine rings is 1. The van der Waals surface area contributed by atoms with Gasteiger partial charge in [0.2, 0.25) is 0 Å². The van der Waals surface area contributed by atoms with Crippen LogP contribution in [0, 0.1) is 12.8 Å². The molecule has 0 saturated carbocycles. The number of aromatic nitrogens is 2. The van der Waals surface area contributed by atoms with E-state index >= 15 is 0 Å². The second-order valence-corrected chi connectivity index (χ2v) is 8.02. The van der Waals surface area contributed by atoms with Gasteiger partial charge in [-0.25, -0.2) is 9.97 Å². The number of rotatable bonds is 4. The maximum atomic E-state index is 13.4. The Morgan fingerprint density at radius 2 is 1.86 bits per heavy atom. The van der Waals surface area contributed by atoms with Gasteiger partial charge in [-0.1, -0.05) is 26.0 Å². The first-order chi connectivity index (χ1) is 14.0. The number of nitrogens with zero attached hydrogens (tertiary/aromatic N) is 3. The quantitative estimate of drug-likeness (QED) is 0.674. The van der Waals surface area contributed by atoms with Crippen LogP contribution >= 0.6 is 0 Å². The highest BCUT2D eigenvalue weighted by molar-refractivity contribution is 6.07. The van der Waals surface area contributed by atoms with Crippen molar-refractivity contribution in [3.05, 3.63) is 59.4 Å². The molecule has 0 bridgehead atoms. The molecule has 3 heterocycles. The van der Waals surface area contributed by atoms with Gasteiger partial charge < -0.3 is 10.2 Å². The van der Waals surface area contributed by atoms with Gasteiger partial charge in [0.15, 0.2) is 5.65 Å². The molecule has 0 radical (unpaired) electrons. The number of likely N-dealkylation sites (tertiary alicyclic amines) is 1. The summed E-state index contributed by atoms with van der Waals surface area (Å²) >= 11 is 0. The minimum atomic E-state index is 0.0413. The predicted molar refractivity (Wildman–Crippen MR) is 118 cm³/mol. The first-order valence-electron chi connectivity index (χ1n) is 10.5. The fraction of sp³-hybridized carbons (Fsp3) is 0.375. The van der Waals surface area contributed by atoms with Crippen LogP contribution in [0.4, 0.5) is 11.4 Å². The van der Waals surface area contributed by atoms with Crippen LogP contribution in [0.1, 0.15) is 48.3 Å². The molecule has 1 aliphatic rings. The van der Waals surface area contributed by atoms with E-state index < -0.39 is 0 Å². The van der Waals surface area contributed by atoms with E-state index in [0.717, 1.165) is 54.8 Å². The van der Waals surface area contributed by atoms with Gasteiger partial charge in [-0.15, -0.1) is 0 Å². The molecule has 4 rings (SSSR count). The second kappa shape index (κ2) is 8.19. The van der Waals surface area contributed by atoms with Crippen molar-refractivity contribution in [3.8, 4) is 0 Å². The molecule has 5 nitrogen and oxygen atoms in total. The summed E-state index contributed by atoms with van der Waals surface area (Å²) in [5.74, 6) is 0.718. The normalized spacial score (nSPS) is 14.9. The SMILES string of the molecule is CCc1ccc(Nc2c(C(=O)N3CCC(C)CC3)cnc3nc(C)ccc23)cc1. The molecule has 150 valence electrons. The number of hydrogen-bond donors (Lipinski definition) is 1. The summed E-state index contributed by atoms with van der Waals surface area (Å²) in [5.41, 5.74) is 5.20. The molecular formula is C24H28N4O. The van der Waals surface area contributed by atoms with Crippen LogP contribution in [0.3, 0.4) is 0 Å². The molecule has 0 spiro atoms. The number of amides is 1. The first-order valence-corrected chi connectivity index (χ1v) is 10.5. The van der Waals surface area contributed by atoms with E-state index in [2.05, 4.69) is 53.4 Å². The fourth-order valence-electron chi connectivity index (χ4n) is 3.82. The molecule has 1 fully saturated rings. The number of nitrogens with one attached hydrogen (secondary N) is 1. The predicted octanol–water partition coefficient (Wildman–Crippen LogP) is 5.12. The van der Waals surface area contributed by atoms with Crippen molar-refractivity contribution in [3.63, 3.8) is 0 Å². The minimum Gasteiger partial charge on any atom is -0.354 e. The zero-order valence-corrected chi connectivity index (χ0v) is 17.4. The summed E-state index contributed by atoms with van der Waals surface area (Å²) in [5, 5.41) is 4.35. The van der Waals surface area contributed by atoms with E-state index in [4.69, 9.17) is 0 Å². The molecule has 3 aromatic rings. The van der Waals surface area contributed by atoms with Gasteiger partial charge in [0.1, 0.15) is 0 Å². The number of fused-ring (bicyclic) bond motifs is 1. The van der Waals surface area contributed by atoms with E-state index in [1.54, 1.807) is 6.20 Å². The maximum Gasteiger partial charge on any atom is 0.257 e. The third kappa shape index (κ3) is 4.09. The number of hydrogen-bond acceptors (Lipinski definition) is 4. The van der Waals surface area contributed by atoms with Crippen LogP contribution in [-0.2, 0) is 6.42 Å². The van der Waals surface area contributed by atoms with Crippen LogP contribution in [0.2, 0.25) is 0 Å². The minimum absolute atomic E-state index is 0.0413. The molecule has 29 heavy (non-hydrogen) atoms. The summed E-state index contributed by atoms with van der Waals surface area (Å²) in [6, 6.07) is 12.3. The van der Waals surface area contributed by atoms with E-state index in [1.807, 2.05) is 24.0 Å². The highest BCUT2D eigenvalue weighted by Gasteiger charge is 2.25. The van der Waals surface area contributed by atoms with Crippen LogP contribution < -0.4 is 5.32 Å². The Kier molecular flexibility index (Phi) is 5.47. The van der Waals surface area contributed by atoms with E-state index in [0.29, 0.717) is 17.1 Å². The lowest BCUT2D eigenvalue weighted by molar-refractivity contribution is 0.0698. The summed E-state index contributed by atoms with van der Waals surface area (Å²) in [4.78, 5) is 24.4. The van der Waals surface area contributed by atoms with E-state index in [-0.39, 0.29) is 5.91 Å². The number of aryl methyl sites for hydroxylation is 2. The summed E-state index contributed by atoms with van der Waals surface area (Å²) in [6.07, 6.45) is 4.78. The van der Waals surface area contributed by atoms with Crippen molar-refractivity contribution in [1.82, 2.24) is 14.9 Å². The zero-order chi connectivity index (χ0) is 20.4. The third-order valence-electron chi connectivity index (χ3n) is 5.80. The number of carbonyl (C=O) groups is 1. The molecule has 1 aliphatic heterocycles. The van der Waals surface area contributed by atoms with Gasteiger partial charge in [0, 0.05) is 36.1 Å². The van der Waals surface area contributed by atoms with Crippen molar-refractivity contribution in [2.75, 3.05) is 18.4 Å². The van der Waals surface area contributed by atoms with E-state index in [1.165, 1.54) is 5.56 Å². The lowest BCUT2D eigenvalue weighted by Gasteiger charge is -2.31. The van der Waals surface area contributed by atoms with Crippen molar-refractivity contribution in [1.29, 1.82) is 0 Å². The van der Waals surface area contributed by atoms with Crippen LogP contribution in [0.15, 0.2) is 42.6 Å². The Hall–Kier alpha value is -2.95. The van der Waals surface area contributed by atoms with Crippen molar-refractivity contribution in [2.24, 2.45) is 5.92 Å². The van der Waals surface area contributed by atoms with Crippen molar-refractivity contribution >= 4 is 28.3 Å². The van der Waals surface area contributed by atoms with Crippen LogP contribution in [-0.4, -0.2) is 33.9 Å². The van der Waals surface area contributed by atoms with Gasteiger partial charge >= 0.3 is 0 Å². The standard InChI is InChI=1S/C24H28N4O/c1-4-18-6-8-19(9-7-18)27-22-20-10-5-17(3)26-23(20)25-15-21(22)24(29)28-13-11-16(2)12-14-28/h5-10,15-16H,4,11-14H2,1-3H3,(H,25,26,27). The van der Waals surface area contributed by atoms with Gasteiger partial charge in [-0.3, -0.25) is 4.79 Å². The fourth-order valence-corrected chi connectivity index (χ4v) is 3.82. The molecule has 1 saturated heterocycles. The topological polar surface area (TPSA) is 58.1 Å². The third-order valence-corrected chi connectivity index (χ3v) is 5.80. The lowest BCUT2D eigenvalue weighted by atomic mass is 9.98. The molecule has 0 aliphatic carbocycles. The Morgan fingerprint density at radius 3 is 2.55 bits per heavy atom. The average Bonchev–Trinajstić information content (AvgIpc) is 2.74. The number of pyridine rings is 2. The Labute approximate surface area is 172 Å². The molecule has 1 N–H and O–H groups in total. The Morgan fingerprint density at radius 1 is 1.14 bits per heavy atom. The molecular weight excluding hydrogens is 360 g/mol.